The second-order valence-corrected chi connectivity index (χ2v) is 6.57. The van der Waals surface area contributed by atoms with Gasteiger partial charge >= 0.3 is 0 Å². The number of carbonyl (C=O) groups excluding carboxylic acids is 1. The molecule has 1 aromatic heterocycles. The van der Waals surface area contributed by atoms with Gasteiger partial charge in [-0.3, -0.25) is 4.79 Å². The Bertz CT molecular complexity index is 557. The summed E-state index contributed by atoms with van der Waals surface area (Å²) in [6.45, 7) is 7.95. The predicted molar refractivity (Wildman–Crippen MR) is 98.1 cm³/mol. The zero-order chi connectivity index (χ0) is 15.7. The van der Waals surface area contributed by atoms with Crippen molar-refractivity contribution in [1.29, 1.82) is 0 Å². The van der Waals surface area contributed by atoms with E-state index in [0.29, 0.717) is 25.5 Å². The number of amides is 1. The van der Waals surface area contributed by atoms with E-state index in [1.54, 1.807) is 0 Å². The van der Waals surface area contributed by atoms with E-state index in [2.05, 4.69) is 30.8 Å². The maximum absolute atomic E-state index is 12.5. The third-order valence-electron chi connectivity index (χ3n) is 4.58. The molecule has 6 nitrogen and oxygen atoms in total. The van der Waals surface area contributed by atoms with E-state index in [1.807, 2.05) is 4.90 Å². The average Bonchev–Trinajstić information content (AvgIpc) is 2.85. The molecule has 0 aromatic carbocycles. The molecule has 1 amide bonds. The molecular formula is C16H28Cl2N4O2. The Morgan fingerprint density at radius 1 is 1.42 bits per heavy atom. The highest BCUT2D eigenvalue weighted by Crippen LogP contribution is 2.23. The number of halogens is 2. The molecule has 0 bridgehead atoms. The van der Waals surface area contributed by atoms with Crippen molar-refractivity contribution in [1.82, 2.24) is 19.8 Å². The van der Waals surface area contributed by atoms with Gasteiger partial charge < -0.3 is 19.5 Å². The highest BCUT2D eigenvalue weighted by molar-refractivity contribution is 5.85. The largest absolute Gasteiger partial charge is 0.378 e. The predicted octanol–water partition coefficient (Wildman–Crippen LogP) is 1.65. The van der Waals surface area contributed by atoms with Crippen molar-refractivity contribution >= 4 is 30.7 Å². The summed E-state index contributed by atoms with van der Waals surface area (Å²) in [4.78, 5) is 19.2. The molecule has 0 spiro atoms. The van der Waals surface area contributed by atoms with Crippen LogP contribution in [-0.4, -0.2) is 52.7 Å². The Morgan fingerprint density at radius 2 is 2.17 bits per heavy atom. The summed E-state index contributed by atoms with van der Waals surface area (Å²) in [6, 6.07) is 0.151. The first-order valence-electron chi connectivity index (χ1n) is 8.19. The quantitative estimate of drug-likeness (QED) is 0.868. The molecule has 24 heavy (non-hydrogen) atoms. The number of morpholine rings is 1. The molecule has 0 aliphatic carbocycles. The molecule has 1 unspecified atom stereocenters. The highest BCUT2D eigenvalue weighted by atomic mass is 35.5. The molecular weight excluding hydrogens is 351 g/mol. The number of carbonyl (C=O) groups is 1. The number of hydrogen-bond donors (Lipinski definition) is 1. The molecule has 3 heterocycles. The van der Waals surface area contributed by atoms with Crippen molar-refractivity contribution in [3.8, 4) is 0 Å². The van der Waals surface area contributed by atoms with Gasteiger partial charge in [0.1, 0.15) is 5.82 Å². The molecule has 0 radical (unpaired) electrons. The Labute approximate surface area is 156 Å². The van der Waals surface area contributed by atoms with Gasteiger partial charge in [0.05, 0.1) is 25.5 Å². The fourth-order valence-corrected chi connectivity index (χ4v) is 3.37. The molecule has 0 saturated carbocycles. The molecule has 138 valence electrons. The minimum atomic E-state index is 0. The number of aromatic nitrogens is 2. The molecule has 1 aromatic rings. The van der Waals surface area contributed by atoms with Gasteiger partial charge in [-0.1, -0.05) is 13.8 Å². The van der Waals surface area contributed by atoms with Crippen LogP contribution in [0.2, 0.25) is 0 Å². The number of ether oxygens (including phenoxy) is 1. The lowest BCUT2D eigenvalue weighted by Gasteiger charge is -2.30. The third-order valence-corrected chi connectivity index (χ3v) is 4.58. The SMILES string of the molecule is CC(C)c1nc2c(n1C)CCN(C(=O)CC1COCCN1)C2.Cl.Cl. The third kappa shape index (κ3) is 4.42. The molecule has 2 aliphatic heterocycles. The van der Waals surface area contributed by atoms with Crippen molar-refractivity contribution in [3.05, 3.63) is 17.2 Å². The lowest BCUT2D eigenvalue weighted by atomic mass is 10.1. The van der Waals surface area contributed by atoms with Gasteiger partial charge in [-0.15, -0.1) is 24.8 Å². The van der Waals surface area contributed by atoms with Gasteiger partial charge in [0.25, 0.3) is 0 Å². The number of hydrogen-bond acceptors (Lipinski definition) is 4. The second-order valence-electron chi connectivity index (χ2n) is 6.57. The summed E-state index contributed by atoms with van der Waals surface area (Å²) in [5, 5.41) is 3.34. The lowest BCUT2D eigenvalue weighted by molar-refractivity contribution is -0.133. The zero-order valence-electron chi connectivity index (χ0n) is 14.6. The van der Waals surface area contributed by atoms with E-state index >= 15 is 0 Å². The van der Waals surface area contributed by atoms with Crippen LogP contribution in [0.25, 0.3) is 0 Å². The highest BCUT2D eigenvalue weighted by Gasteiger charge is 2.28. The van der Waals surface area contributed by atoms with Crippen LogP contribution < -0.4 is 5.32 Å². The van der Waals surface area contributed by atoms with Gasteiger partial charge in [0, 0.05) is 50.6 Å². The first-order valence-corrected chi connectivity index (χ1v) is 8.19. The summed E-state index contributed by atoms with van der Waals surface area (Å²) in [7, 11) is 2.09. The summed E-state index contributed by atoms with van der Waals surface area (Å²) in [6.07, 6.45) is 1.41. The molecule has 8 heteroatoms. The van der Waals surface area contributed by atoms with Crippen LogP contribution in [0.3, 0.4) is 0 Å². The number of imidazole rings is 1. The van der Waals surface area contributed by atoms with E-state index in [0.717, 1.165) is 37.6 Å². The first-order chi connectivity index (χ1) is 10.6. The van der Waals surface area contributed by atoms with E-state index in [1.165, 1.54) is 5.69 Å². The van der Waals surface area contributed by atoms with Crippen molar-refractivity contribution in [3.63, 3.8) is 0 Å². The van der Waals surface area contributed by atoms with Crippen LogP contribution in [0.5, 0.6) is 0 Å². The summed E-state index contributed by atoms with van der Waals surface area (Å²) in [5.74, 6) is 1.72. The van der Waals surface area contributed by atoms with Crippen LogP contribution in [0.15, 0.2) is 0 Å². The maximum atomic E-state index is 12.5. The van der Waals surface area contributed by atoms with E-state index in [-0.39, 0.29) is 36.8 Å². The Balaban J connectivity index is 0.00000144. The van der Waals surface area contributed by atoms with E-state index in [4.69, 9.17) is 9.72 Å². The Kier molecular flexibility index (Phi) is 7.99. The molecule has 1 saturated heterocycles. The molecule has 2 aliphatic rings. The van der Waals surface area contributed by atoms with E-state index < -0.39 is 0 Å². The van der Waals surface area contributed by atoms with Crippen molar-refractivity contribution in [2.45, 2.75) is 45.2 Å². The second kappa shape index (κ2) is 9.04. The topological polar surface area (TPSA) is 59.4 Å². The molecule has 1 N–H and O–H groups in total. The molecule has 3 rings (SSSR count). The standard InChI is InChI=1S/C16H26N4O2.2ClH/c1-11(2)16-18-13-9-20(6-4-14(13)19(16)3)15(21)8-12-10-22-7-5-17-12;;/h11-12,17H,4-10H2,1-3H3;2*1H. The minimum absolute atomic E-state index is 0. The summed E-state index contributed by atoms with van der Waals surface area (Å²) >= 11 is 0. The number of nitrogens with one attached hydrogen (secondary N) is 1. The normalized spacial score (nSPS) is 20.2. The van der Waals surface area contributed by atoms with Crippen molar-refractivity contribution in [2.75, 3.05) is 26.3 Å². The first kappa shape index (κ1) is 21.2. The maximum Gasteiger partial charge on any atom is 0.224 e. The van der Waals surface area contributed by atoms with Crippen molar-refractivity contribution < 1.29 is 9.53 Å². The molecule has 1 fully saturated rings. The minimum Gasteiger partial charge on any atom is -0.378 e. The average molecular weight is 379 g/mol. The Morgan fingerprint density at radius 3 is 2.79 bits per heavy atom. The van der Waals surface area contributed by atoms with Crippen LogP contribution in [0, 0.1) is 0 Å². The fourth-order valence-electron chi connectivity index (χ4n) is 3.37. The zero-order valence-corrected chi connectivity index (χ0v) is 16.2. The van der Waals surface area contributed by atoms with Crippen LogP contribution in [-0.2, 0) is 29.5 Å². The van der Waals surface area contributed by atoms with E-state index in [9.17, 15) is 4.79 Å². The van der Waals surface area contributed by atoms with Crippen molar-refractivity contribution in [2.24, 2.45) is 7.05 Å². The van der Waals surface area contributed by atoms with Gasteiger partial charge in [-0.25, -0.2) is 4.98 Å². The fraction of sp³-hybridized carbons (Fsp3) is 0.750. The van der Waals surface area contributed by atoms with Gasteiger partial charge in [-0.2, -0.15) is 0 Å². The summed E-state index contributed by atoms with van der Waals surface area (Å²) < 4.78 is 7.63. The lowest BCUT2D eigenvalue weighted by Crippen LogP contribution is -2.46. The van der Waals surface area contributed by atoms with Crippen LogP contribution >= 0.6 is 24.8 Å². The van der Waals surface area contributed by atoms with Gasteiger partial charge in [0.2, 0.25) is 5.91 Å². The smallest absolute Gasteiger partial charge is 0.224 e. The van der Waals surface area contributed by atoms with Gasteiger partial charge in [0.15, 0.2) is 0 Å². The van der Waals surface area contributed by atoms with Crippen LogP contribution in [0.1, 0.15) is 43.4 Å². The molecule has 1 atom stereocenters. The summed E-state index contributed by atoms with van der Waals surface area (Å²) in [5.41, 5.74) is 2.35. The number of rotatable bonds is 3. The number of fused-ring (bicyclic) bond motifs is 1. The van der Waals surface area contributed by atoms with Gasteiger partial charge in [-0.05, 0) is 0 Å². The van der Waals surface area contributed by atoms with Crippen LogP contribution in [0.4, 0.5) is 0 Å². The number of nitrogens with zero attached hydrogens (tertiary/aromatic N) is 3. The monoisotopic (exact) mass is 378 g/mol. The Hall–Kier alpha value is -0.820.